The molecule has 0 spiro atoms. The van der Waals surface area contributed by atoms with E-state index in [1.807, 2.05) is 25.4 Å². The fraction of sp³-hybridized carbons (Fsp3) is 0.100. The van der Waals surface area contributed by atoms with E-state index < -0.39 is 0 Å². The van der Waals surface area contributed by atoms with Crippen LogP contribution in [0.3, 0.4) is 0 Å². The summed E-state index contributed by atoms with van der Waals surface area (Å²) in [5, 5.41) is 4.29. The summed E-state index contributed by atoms with van der Waals surface area (Å²) in [4.78, 5) is 8.57. The molecule has 0 aliphatic heterocycles. The lowest BCUT2D eigenvalue weighted by Gasteiger charge is -2.00. The van der Waals surface area contributed by atoms with Crippen LogP contribution >= 0.6 is 15.9 Å². The average Bonchev–Trinajstić information content (AvgIpc) is 2.80. The van der Waals surface area contributed by atoms with Crippen molar-refractivity contribution in [2.75, 3.05) is 5.73 Å². The fourth-order valence-corrected chi connectivity index (χ4v) is 2.02. The van der Waals surface area contributed by atoms with Gasteiger partial charge in [0.1, 0.15) is 5.52 Å². The maximum Gasteiger partial charge on any atom is 0.208 e. The zero-order chi connectivity index (χ0) is 12.0. The Kier molecular flexibility index (Phi) is 2.15. The van der Waals surface area contributed by atoms with Gasteiger partial charge < -0.3 is 5.73 Å². The zero-order valence-electron chi connectivity index (χ0n) is 9.00. The van der Waals surface area contributed by atoms with Crippen LogP contribution in [0.5, 0.6) is 0 Å². The second-order valence-corrected chi connectivity index (χ2v) is 4.56. The number of halogens is 1. The highest BCUT2D eigenvalue weighted by Gasteiger charge is 2.13. The number of nitrogen functional groups attached to an aromatic ring is 1. The number of nitrogens with two attached hydrogens (primary N) is 1. The van der Waals surface area contributed by atoms with Gasteiger partial charge in [-0.25, -0.2) is 14.5 Å². The van der Waals surface area contributed by atoms with Gasteiger partial charge in [0, 0.05) is 30.0 Å². The molecule has 0 radical (unpaired) electrons. The van der Waals surface area contributed by atoms with E-state index >= 15 is 0 Å². The number of hydrogen-bond acceptors (Lipinski definition) is 4. The summed E-state index contributed by atoms with van der Waals surface area (Å²) >= 11 is 3.35. The van der Waals surface area contributed by atoms with Gasteiger partial charge in [-0.1, -0.05) is 0 Å². The van der Waals surface area contributed by atoms with Gasteiger partial charge in [-0.2, -0.15) is 5.10 Å². The van der Waals surface area contributed by atoms with Crippen LogP contribution in [0.25, 0.3) is 17.0 Å². The molecular weight excluding hydrogens is 284 g/mol. The van der Waals surface area contributed by atoms with E-state index in [1.165, 1.54) is 0 Å². The van der Waals surface area contributed by atoms with E-state index in [1.54, 1.807) is 15.4 Å². The average molecular weight is 293 g/mol. The molecule has 86 valence electrons. The summed E-state index contributed by atoms with van der Waals surface area (Å²) in [5.74, 6) is 1.09. The summed E-state index contributed by atoms with van der Waals surface area (Å²) in [6.07, 6.45) is 3.56. The molecule has 0 fully saturated rings. The lowest BCUT2D eigenvalue weighted by molar-refractivity contribution is 0.754. The maximum atomic E-state index is 5.89. The van der Waals surface area contributed by atoms with Gasteiger partial charge in [0.2, 0.25) is 5.95 Å². The van der Waals surface area contributed by atoms with Crippen molar-refractivity contribution in [1.29, 1.82) is 0 Å². The van der Waals surface area contributed by atoms with Gasteiger partial charge >= 0.3 is 0 Å². The second kappa shape index (κ2) is 3.56. The van der Waals surface area contributed by atoms with Crippen molar-refractivity contribution in [1.82, 2.24) is 24.3 Å². The molecule has 17 heavy (non-hydrogen) atoms. The number of fused-ring (bicyclic) bond motifs is 1. The molecule has 0 bridgehead atoms. The number of aromatic nitrogens is 5. The monoisotopic (exact) mass is 292 g/mol. The predicted molar refractivity (Wildman–Crippen MR) is 67.7 cm³/mol. The maximum absolute atomic E-state index is 5.89. The molecule has 0 aliphatic rings. The molecule has 0 atom stereocenters. The topological polar surface area (TPSA) is 74.5 Å². The minimum Gasteiger partial charge on any atom is -0.369 e. The van der Waals surface area contributed by atoms with Crippen LogP contribution in [-0.4, -0.2) is 24.3 Å². The van der Waals surface area contributed by atoms with Crippen LogP contribution in [0.4, 0.5) is 5.95 Å². The normalized spacial score (nSPS) is 11.2. The molecular formula is C10H9BrN6. The first kappa shape index (κ1) is 10.3. The van der Waals surface area contributed by atoms with Gasteiger partial charge in [0.25, 0.3) is 0 Å². The van der Waals surface area contributed by atoms with E-state index in [4.69, 9.17) is 5.73 Å². The van der Waals surface area contributed by atoms with Gasteiger partial charge in [-0.15, -0.1) is 0 Å². The predicted octanol–water partition coefficient (Wildman–Crippen LogP) is 1.50. The van der Waals surface area contributed by atoms with E-state index in [9.17, 15) is 0 Å². The molecule has 2 N–H and O–H groups in total. The largest absolute Gasteiger partial charge is 0.369 e. The van der Waals surface area contributed by atoms with Crippen molar-refractivity contribution in [3.05, 3.63) is 29.0 Å². The number of rotatable bonds is 1. The van der Waals surface area contributed by atoms with Crippen molar-refractivity contribution in [3.8, 4) is 5.82 Å². The Labute approximate surface area is 105 Å². The SMILES string of the molecule is Cn1ccc(-n2c(N)nc3cc(Br)cnc32)n1. The molecule has 7 heteroatoms. The van der Waals surface area contributed by atoms with Crippen LogP contribution in [0.15, 0.2) is 29.0 Å². The first-order valence-corrected chi connectivity index (χ1v) is 5.74. The standard InChI is InChI=1S/C10H9BrN6/c1-16-3-2-8(15-16)17-9-7(14-10(17)12)4-6(11)5-13-9/h2-5H,1H3,(H2,12,14). The van der Waals surface area contributed by atoms with Crippen molar-refractivity contribution >= 4 is 33.0 Å². The summed E-state index contributed by atoms with van der Waals surface area (Å²) < 4.78 is 4.30. The van der Waals surface area contributed by atoms with E-state index in [0.29, 0.717) is 17.4 Å². The molecule has 0 saturated carbocycles. The number of nitrogens with zero attached hydrogens (tertiary/aromatic N) is 5. The van der Waals surface area contributed by atoms with Crippen LogP contribution in [-0.2, 0) is 7.05 Å². The van der Waals surface area contributed by atoms with Gasteiger partial charge in [-0.3, -0.25) is 4.68 Å². The third-order valence-electron chi connectivity index (χ3n) is 2.42. The molecule has 3 aromatic rings. The molecule has 6 nitrogen and oxygen atoms in total. The Morgan fingerprint density at radius 3 is 2.94 bits per heavy atom. The third-order valence-corrected chi connectivity index (χ3v) is 2.85. The third kappa shape index (κ3) is 1.59. The van der Waals surface area contributed by atoms with Crippen molar-refractivity contribution in [2.24, 2.45) is 7.05 Å². The number of imidazole rings is 1. The number of pyridine rings is 1. The number of hydrogen-bond donors (Lipinski definition) is 1. The summed E-state index contributed by atoms with van der Waals surface area (Å²) in [7, 11) is 1.85. The fourth-order valence-electron chi connectivity index (χ4n) is 1.71. The Bertz CT molecular complexity index is 698. The van der Waals surface area contributed by atoms with Gasteiger partial charge in [-0.05, 0) is 22.0 Å². The smallest absolute Gasteiger partial charge is 0.208 e. The van der Waals surface area contributed by atoms with E-state index in [-0.39, 0.29) is 0 Å². The summed E-state index contributed by atoms with van der Waals surface area (Å²) in [6.45, 7) is 0. The second-order valence-electron chi connectivity index (χ2n) is 3.65. The lowest BCUT2D eigenvalue weighted by atomic mass is 10.4. The van der Waals surface area contributed by atoms with Crippen LogP contribution in [0.1, 0.15) is 0 Å². The minimum absolute atomic E-state index is 0.379. The number of aryl methyl sites for hydroxylation is 1. The Balaban J connectivity index is 2.32. The molecule has 3 rings (SSSR count). The molecule has 0 aromatic carbocycles. The number of anilines is 1. The zero-order valence-corrected chi connectivity index (χ0v) is 10.6. The molecule has 0 amide bonds. The highest BCUT2D eigenvalue weighted by atomic mass is 79.9. The van der Waals surface area contributed by atoms with E-state index in [0.717, 1.165) is 9.99 Å². The Hall–Kier alpha value is -1.89. The Morgan fingerprint density at radius 2 is 2.24 bits per heavy atom. The van der Waals surface area contributed by atoms with Crippen LogP contribution in [0, 0.1) is 0 Å². The van der Waals surface area contributed by atoms with Crippen molar-refractivity contribution < 1.29 is 0 Å². The van der Waals surface area contributed by atoms with Gasteiger partial charge in [0.05, 0.1) is 0 Å². The van der Waals surface area contributed by atoms with Crippen molar-refractivity contribution in [3.63, 3.8) is 0 Å². The van der Waals surface area contributed by atoms with Crippen molar-refractivity contribution in [2.45, 2.75) is 0 Å². The molecule has 0 unspecified atom stereocenters. The Morgan fingerprint density at radius 1 is 1.41 bits per heavy atom. The summed E-state index contributed by atoms with van der Waals surface area (Å²) in [5.41, 5.74) is 7.33. The van der Waals surface area contributed by atoms with Crippen LogP contribution < -0.4 is 5.73 Å². The quantitative estimate of drug-likeness (QED) is 0.737. The molecule has 3 heterocycles. The summed E-state index contributed by atoms with van der Waals surface area (Å²) in [6, 6.07) is 3.74. The van der Waals surface area contributed by atoms with Gasteiger partial charge in [0.15, 0.2) is 11.5 Å². The minimum atomic E-state index is 0.379. The van der Waals surface area contributed by atoms with E-state index in [2.05, 4.69) is 31.0 Å². The first-order chi connectivity index (χ1) is 8.15. The highest BCUT2D eigenvalue weighted by molar-refractivity contribution is 9.10. The highest BCUT2D eigenvalue weighted by Crippen LogP contribution is 2.22. The molecule has 0 aliphatic carbocycles. The molecule has 0 saturated heterocycles. The lowest BCUT2D eigenvalue weighted by Crippen LogP contribution is -2.02. The first-order valence-electron chi connectivity index (χ1n) is 4.94. The van der Waals surface area contributed by atoms with Crippen LogP contribution in [0.2, 0.25) is 0 Å². The molecule has 3 aromatic heterocycles.